The third-order valence-electron chi connectivity index (χ3n) is 11.3. The van der Waals surface area contributed by atoms with Crippen molar-refractivity contribution in [2.24, 2.45) is 16.7 Å². The highest BCUT2D eigenvalue weighted by molar-refractivity contribution is 6.80. The first-order valence-electron chi connectivity index (χ1n) is 19.7. The van der Waals surface area contributed by atoms with Crippen molar-refractivity contribution in [1.82, 2.24) is 15.0 Å². The largest absolute Gasteiger partial charge is 0.488 e. The van der Waals surface area contributed by atoms with Crippen molar-refractivity contribution in [3.05, 3.63) is 119 Å². The minimum absolute atomic E-state index is 0.0406. The molecule has 7 nitrogen and oxygen atoms in total. The van der Waals surface area contributed by atoms with Crippen LogP contribution in [-0.4, -0.2) is 63.8 Å². The summed E-state index contributed by atoms with van der Waals surface area (Å²) in [5.41, 5.74) is 4.80. The van der Waals surface area contributed by atoms with Gasteiger partial charge in [-0.2, -0.15) is 5.26 Å². The SMILES string of the molecule is CN(C)Cc1c(OCc2ccc(C#N)cc2)ccc2c(CCC3CCN(CC4(C(O[Si](c5ccccc5)c5ccccc5)C(C)(C)C)CC4)CC3)noc12. The Bertz CT molecular complexity index is 1970. The molecular weight excluding hydrogens is 685 g/mol. The maximum atomic E-state index is 9.13. The van der Waals surface area contributed by atoms with Gasteiger partial charge in [0.15, 0.2) is 5.58 Å². The van der Waals surface area contributed by atoms with Crippen molar-refractivity contribution < 1.29 is 13.7 Å². The molecule has 1 aliphatic carbocycles. The Balaban J connectivity index is 0.971. The Kier molecular flexibility index (Phi) is 11.7. The summed E-state index contributed by atoms with van der Waals surface area (Å²) < 4.78 is 19.8. The minimum atomic E-state index is -1.39. The maximum absolute atomic E-state index is 9.13. The number of rotatable bonds is 15. The molecule has 1 aliphatic heterocycles. The lowest BCUT2D eigenvalue weighted by atomic mass is 9.78. The second-order valence-corrected chi connectivity index (χ2v) is 19.0. The normalized spacial score (nSPS) is 16.9. The standard InChI is InChI=1S/C46H55N4O3Si/c1-45(2,3)44(53-54(37-12-8-6-9-13-37)38-14-10-7-11-15-38)46(26-27-46)33-50-28-24-34(25-29-50)20-22-41-39-21-23-42(40(31-49(4)5)43(39)52-48-41)51-32-36-18-16-35(30-47)17-19-36/h6-19,21,23,34,44H,20,22,24-29,31-33H2,1-5H3. The van der Waals surface area contributed by atoms with E-state index in [0.29, 0.717) is 24.6 Å². The maximum Gasteiger partial charge on any atom is 0.283 e. The van der Waals surface area contributed by atoms with Crippen molar-refractivity contribution in [2.75, 3.05) is 33.7 Å². The van der Waals surface area contributed by atoms with Crippen molar-refractivity contribution in [3.63, 3.8) is 0 Å². The quantitative estimate of drug-likeness (QED) is 0.101. The number of piperidine rings is 1. The first-order valence-corrected chi connectivity index (χ1v) is 21.1. The summed E-state index contributed by atoms with van der Waals surface area (Å²) in [4.78, 5) is 4.87. The molecule has 5 aromatic rings. The average molecular weight is 740 g/mol. The number of likely N-dealkylation sites (tertiary alicyclic amines) is 1. The van der Waals surface area contributed by atoms with E-state index in [1.807, 2.05) is 24.3 Å². The number of fused-ring (bicyclic) bond motifs is 1. The highest BCUT2D eigenvalue weighted by atomic mass is 28.3. The van der Waals surface area contributed by atoms with Gasteiger partial charge in [-0.25, -0.2) is 0 Å². The van der Waals surface area contributed by atoms with Crippen LogP contribution in [0, 0.1) is 28.1 Å². The van der Waals surface area contributed by atoms with Crippen LogP contribution < -0.4 is 15.1 Å². The molecule has 7 rings (SSSR count). The third kappa shape index (κ3) is 8.98. The summed E-state index contributed by atoms with van der Waals surface area (Å²) in [5, 5.41) is 17.5. The topological polar surface area (TPSA) is 74.8 Å². The van der Waals surface area contributed by atoms with Gasteiger partial charge in [0.05, 0.1) is 29.0 Å². The Morgan fingerprint density at radius 1 is 0.926 bits per heavy atom. The zero-order chi connectivity index (χ0) is 37.7. The summed E-state index contributed by atoms with van der Waals surface area (Å²) in [5.74, 6) is 1.49. The smallest absolute Gasteiger partial charge is 0.283 e. The number of hydrogen-bond donors (Lipinski definition) is 0. The molecule has 1 radical (unpaired) electrons. The van der Waals surface area contributed by atoms with Gasteiger partial charge < -0.3 is 23.5 Å². The van der Waals surface area contributed by atoms with Crippen LogP contribution in [0.4, 0.5) is 0 Å². The van der Waals surface area contributed by atoms with Gasteiger partial charge in [-0.05, 0) is 117 Å². The first-order chi connectivity index (χ1) is 26.1. The van der Waals surface area contributed by atoms with Crippen LogP contribution >= 0.6 is 0 Å². The molecule has 2 aliphatic rings. The number of benzene rings is 4. The predicted molar refractivity (Wildman–Crippen MR) is 218 cm³/mol. The van der Waals surface area contributed by atoms with Crippen LogP contribution in [0.3, 0.4) is 0 Å². The van der Waals surface area contributed by atoms with Gasteiger partial charge in [0, 0.05) is 23.9 Å². The van der Waals surface area contributed by atoms with Gasteiger partial charge >= 0.3 is 0 Å². The zero-order valence-electron chi connectivity index (χ0n) is 32.7. The van der Waals surface area contributed by atoms with E-state index in [4.69, 9.17) is 18.9 Å². The Morgan fingerprint density at radius 3 is 2.15 bits per heavy atom. The highest BCUT2D eigenvalue weighted by Gasteiger charge is 2.55. The van der Waals surface area contributed by atoms with Gasteiger partial charge in [-0.1, -0.05) is 98.7 Å². The first kappa shape index (κ1) is 38.0. The van der Waals surface area contributed by atoms with E-state index in [0.717, 1.165) is 66.0 Å². The van der Waals surface area contributed by atoms with Gasteiger partial charge in [-0.15, -0.1) is 0 Å². The molecule has 0 amide bonds. The Morgan fingerprint density at radius 2 is 1.57 bits per heavy atom. The third-order valence-corrected chi connectivity index (χ3v) is 13.5. The molecule has 0 spiro atoms. The van der Waals surface area contributed by atoms with Gasteiger partial charge in [0.25, 0.3) is 9.04 Å². The molecule has 0 N–H and O–H groups in total. The Hall–Kier alpha value is -4.26. The second-order valence-electron chi connectivity index (χ2n) is 16.9. The van der Waals surface area contributed by atoms with Crippen molar-refractivity contribution in [3.8, 4) is 11.8 Å². The molecule has 2 heterocycles. The molecule has 1 unspecified atom stereocenters. The van der Waals surface area contributed by atoms with E-state index in [9.17, 15) is 0 Å². The molecule has 2 fully saturated rings. The summed E-state index contributed by atoms with van der Waals surface area (Å²) in [6, 6.07) is 35.7. The van der Waals surface area contributed by atoms with Crippen LogP contribution in [0.25, 0.3) is 11.0 Å². The van der Waals surface area contributed by atoms with E-state index in [1.54, 1.807) is 0 Å². The lowest BCUT2D eigenvalue weighted by Crippen LogP contribution is -2.54. The molecular formula is C46H55N4O3Si. The zero-order valence-corrected chi connectivity index (χ0v) is 33.7. The molecule has 1 saturated carbocycles. The molecule has 1 saturated heterocycles. The number of aryl methyl sites for hydroxylation is 1. The number of nitrogens with zero attached hydrogens (tertiary/aromatic N) is 4. The van der Waals surface area contributed by atoms with Gasteiger partial charge in [0.2, 0.25) is 0 Å². The summed E-state index contributed by atoms with van der Waals surface area (Å²) >= 11 is 0. The molecule has 54 heavy (non-hydrogen) atoms. The van der Waals surface area contributed by atoms with Crippen LogP contribution in [0.2, 0.25) is 0 Å². The van der Waals surface area contributed by atoms with E-state index in [1.165, 1.54) is 36.1 Å². The summed E-state index contributed by atoms with van der Waals surface area (Å²) in [6.07, 6.45) is 7.14. The monoisotopic (exact) mass is 739 g/mol. The van der Waals surface area contributed by atoms with E-state index in [2.05, 4.69) is 129 Å². The fraction of sp³-hybridized carbons (Fsp3) is 0.435. The Labute approximate surface area is 323 Å². The summed E-state index contributed by atoms with van der Waals surface area (Å²) in [6.45, 7) is 11.7. The fourth-order valence-corrected chi connectivity index (χ4v) is 10.8. The van der Waals surface area contributed by atoms with Crippen LogP contribution in [0.15, 0.2) is 102 Å². The van der Waals surface area contributed by atoms with Crippen LogP contribution in [0.5, 0.6) is 5.75 Å². The molecule has 1 atom stereocenters. The van der Waals surface area contributed by atoms with Crippen LogP contribution in [0.1, 0.15) is 75.3 Å². The molecule has 1 aromatic heterocycles. The molecule has 4 aromatic carbocycles. The van der Waals surface area contributed by atoms with E-state index in [-0.39, 0.29) is 16.9 Å². The number of aromatic nitrogens is 1. The summed E-state index contributed by atoms with van der Waals surface area (Å²) in [7, 11) is 2.72. The molecule has 281 valence electrons. The lowest BCUT2D eigenvalue weighted by molar-refractivity contribution is 0.000123. The van der Waals surface area contributed by atoms with Crippen molar-refractivity contribution >= 4 is 30.4 Å². The van der Waals surface area contributed by atoms with Gasteiger partial charge in [-0.3, -0.25) is 0 Å². The number of hydrogen-bond acceptors (Lipinski definition) is 7. The molecule has 8 heteroatoms. The van der Waals surface area contributed by atoms with Crippen molar-refractivity contribution in [1.29, 1.82) is 5.26 Å². The average Bonchev–Trinajstić information content (AvgIpc) is 3.82. The van der Waals surface area contributed by atoms with Crippen molar-refractivity contribution in [2.45, 2.75) is 78.6 Å². The predicted octanol–water partition coefficient (Wildman–Crippen LogP) is 8.00. The number of ether oxygens (including phenoxy) is 1. The lowest BCUT2D eigenvalue weighted by Gasteiger charge is -2.43. The van der Waals surface area contributed by atoms with E-state index >= 15 is 0 Å². The molecule has 0 bridgehead atoms. The fourth-order valence-electron chi connectivity index (χ4n) is 8.41. The highest BCUT2D eigenvalue weighted by Crippen LogP contribution is 2.55. The number of nitriles is 1. The minimum Gasteiger partial charge on any atom is -0.488 e. The second kappa shape index (κ2) is 16.6. The van der Waals surface area contributed by atoms with Crippen LogP contribution in [-0.2, 0) is 24.0 Å². The van der Waals surface area contributed by atoms with Gasteiger partial charge in [0.1, 0.15) is 12.4 Å². The van der Waals surface area contributed by atoms with E-state index < -0.39 is 9.04 Å².